The zero-order valence-electron chi connectivity index (χ0n) is 18.1. The summed E-state index contributed by atoms with van der Waals surface area (Å²) in [7, 11) is 1.27. The maximum absolute atomic E-state index is 12.6. The van der Waals surface area contributed by atoms with E-state index in [2.05, 4.69) is 15.2 Å². The Labute approximate surface area is 200 Å². The summed E-state index contributed by atoms with van der Waals surface area (Å²) in [5.41, 5.74) is 2.62. The second kappa shape index (κ2) is 10.5. The van der Waals surface area contributed by atoms with Crippen LogP contribution in [0.5, 0.6) is 0 Å². The van der Waals surface area contributed by atoms with Gasteiger partial charge < -0.3 is 14.8 Å². The molecule has 8 nitrogen and oxygen atoms in total. The van der Waals surface area contributed by atoms with Gasteiger partial charge in [0.2, 0.25) is 0 Å². The molecule has 1 heterocycles. The number of rotatable bonds is 7. The third kappa shape index (κ3) is 5.71. The summed E-state index contributed by atoms with van der Waals surface area (Å²) in [6.45, 7) is 3.10. The normalized spacial score (nSPS) is 10.6. The Hall–Kier alpha value is -3.36. The number of nitrogens with one attached hydrogen (secondary N) is 1. The smallest absolute Gasteiger partial charge is 0.343 e. The molecule has 1 amide bonds. The number of halogens is 2. The quantitative estimate of drug-likeness (QED) is 0.492. The summed E-state index contributed by atoms with van der Waals surface area (Å²) in [5, 5.41) is 7.54. The molecule has 0 bridgehead atoms. The van der Waals surface area contributed by atoms with Crippen LogP contribution in [0.3, 0.4) is 0 Å². The van der Waals surface area contributed by atoms with Crippen LogP contribution in [-0.4, -0.2) is 41.3 Å². The fourth-order valence-corrected chi connectivity index (χ4v) is 3.58. The fraction of sp³-hybridized carbons (Fsp3) is 0.217. The molecule has 0 aliphatic rings. The highest BCUT2D eigenvalue weighted by Crippen LogP contribution is 2.24. The molecule has 1 aromatic heterocycles. The average molecular weight is 490 g/mol. The highest BCUT2D eigenvalue weighted by molar-refractivity contribution is 6.33. The number of nitrogens with zero attached hydrogens (tertiary/aromatic N) is 2. The lowest BCUT2D eigenvalue weighted by molar-refractivity contribution is -0.119. The van der Waals surface area contributed by atoms with Gasteiger partial charge in [0.25, 0.3) is 5.91 Å². The third-order valence-electron chi connectivity index (χ3n) is 4.81. The van der Waals surface area contributed by atoms with Crippen LogP contribution in [0.2, 0.25) is 10.2 Å². The average Bonchev–Trinajstić information content (AvgIpc) is 3.07. The van der Waals surface area contributed by atoms with Crippen molar-refractivity contribution in [1.29, 1.82) is 0 Å². The van der Waals surface area contributed by atoms with Gasteiger partial charge in [-0.05, 0) is 43.2 Å². The molecule has 0 spiro atoms. The van der Waals surface area contributed by atoms with E-state index >= 15 is 0 Å². The number of aryl methyl sites for hydroxylation is 2. The standard InChI is InChI=1S/C23H21Cl2N3O5/c1-13-8-9-15(22(30)32-3)10-18(13)26-19(29)12-33-23(31)20-14(2)27-28(21(20)25)11-16-6-4-5-7-17(16)24/h4-10H,11-12H2,1-3H3,(H,26,29). The van der Waals surface area contributed by atoms with Gasteiger partial charge in [-0.2, -0.15) is 5.10 Å². The van der Waals surface area contributed by atoms with Crippen molar-refractivity contribution in [3.05, 3.63) is 80.6 Å². The number of amides is 1. The second-order valence-electron chi connectivity index (χ2n) is 7.15. The van der Waals surface area contributed by atoms with Crippen molar-refractivity contribution >= 4 is 46.7 Å². The number of methoxy groups -OCH3 is 1. The summed E-state index contributed by atoms with van der Waals surface area (Å²) >= 11 is 12.6. The summed E-state index contributed by atoms with van der Waals surface area (Å²) in [6.07, 6.45) is 0. The van der Waals surface area contributed by atoms with Gasteiger partial charge in [-0.1, -0.05) is 47.5 Å². The first kappa shape index (κ1) is 24.3. The number of aromatic nitrogens is 2. The second-order valence-corrected chi connectivity index (χ2v) is 7.91. The minimum Gasteiger partial charge on any atom is -0.465 e. The maximum atomic E-state index is 12.6. The molecule has 0 aliphatic carbocycles. The SMILES string of the molecule is COC(=O)c1ccc(C)c(NC(=O)COC(=O)c2c(C)nn(Cc3ccccc3Cl)c2Cl)c1. The van der Waals surface area contributed by atoms with Crippen LogP contribution in [0, 0.1) is 13.8 Å². The predicted octanol–water partition coefficient (Wildman–Crippen LogP) is 4.44. The Morgan fingerprint density at radius 3 is 2.48 bits per heavy atom. The lowest BCUT2D eigenvalue weighted by atomic mass is 10.1. The molecule has 0 aliphatic heterocycles. The number of carbonyl (C=O) groups excluding carboxylic acids is 3. The first-order chi connectivity index (χ1) is 15.7. The Morgan fingerprint density at radius 1 is 1.06 bits per heavy atom. The highest BCUT2D eigenvalue weighted by Gasteiger charge is 2.23. The Morgan fingerprint density at radius 2 is 1.79 bits per heavy atom. The lowest BCUT2D eigenvalue weighted by Gasteiger charge is -2.10. The monoisotopic (exact) mass is 489 g/mol. The predicted molar refractivity (Wildman–Crippen MR) is 124 cm³/mol. The Bertz CT molecular complexity index is 1220. The van der Waals surface area contributed by atoms with E-state index in [1.165, 1.54) is 17.9 Å². The number of hydrogen-bond donors (Lipinski definition) is 1. The molecule has 10 heteroatoms. The van der Waals surface area contributed by atoms with E-state index in [0.29, 0.717) is 16.4 Å². The molecule has 0 radical (unpaired) electrons. The number of anilines is 1. The van der Waals surface area contributed by atoms with Crippen LogP contribution in [0.4, 0.5) is 5.69 Å². The van der Waals surface area contributed by atoms with Gasteiger partial charge in [0.05, 0.1) is 24.9 Å². The Kier molecular flexibility index (Phi) is 7.73. The van der Waals surface area contributed by atoms with Gasteiger partial charge >= 0.3 is 11.9 Å². The molecule has 33 heavy (non-hydrogen) atoms. The van der Waals surface area contributed by atoms with Crippen molar-refractivity contribution in [3.63, 3.8) is 0 Å². The summed E-state index contributed by atoms with van der Waals surface area (Å²) < 4.78 is 11.3. The molecule has 0 atom stereocenters. The molecule has 3 rings (SSSR count). The fourth-order valence-electron chi connectivity index (χ4n) is 3.07. The Balaban J connectivity index is 1.66. The van der Waals surface area contributed by atoms with Crippen molar-refractivity contribution < 1.29 is 23.9 Å². The van der Waals surface area contributed by atoms with E-state index in [4.69, 9.17) is 27.9 Å². The van der Waals surface area contributed by atoms with Gasteiger partial charge in [0.1, 0.15) is 10.7 Å². The first-order valence-corrected chi connectivity index (χ1v) is 10.6. The summed E-state index contributed by atoms with van der Waals surface area (Å²) in [5.74, 6) is -1.89. The van der Waals surface area contributed by atoms with E-state index < -0.39 is 24.5 Å². The molecule has 0 saturated heterocycles. The van der Waals surface area contributed by atoms with E-state index in [1.807, 2.05) is 18.2 Å². The zero-order chi connectivity index (χ0) is 24.1. The van der Waals surface area contributed by atoms with Gasteiger partial charge in [0.15, 0.2) is 6.61 Å². The van der Waals surface area contributed by atoms with Crippen LogP contribution < -0.4 is 5.32 Å². The van der Waals surface area contributed by atoms with Crippen LogP contribution in [0.15, 0.2) is 42.5 Å². The molecular weight excluding hydrogens is 469 g/mol. The van der Waals surface area contributed by atoms with Crippen LogP contribution in [-0.2, 0) is 20.8 Å². The van der Waals surface area contributed by atoms with Gasteiger partial charge in [-0.25, -0.2) is 14.3 Å². The highest BCUT2D eigenvalue weighted by atomic mass is 35.5. The zero-order valence-corrected chi connectivity index (χ0v) is 19.7. The molecule has 1 N–H and O–H groups in total. The summed E-state index contributed by atoms with van der Waals surface area (Å²) in [4.78, 5) is 36.6. The number of esters is 2. The van der Waals surface area contributed by atoms with E-state index in [-0.39, 0.29) is 22.8 Å². The minimum absolute atomic E-state index is 0.0698. The number of benzene rings is 2. The topological polar surface area (TPSA) is 99.5 Å². The molecule has 0 unspecified atom stereocenters. The maximum Gasteiger partial charge on any atom is 0.343 e. The molecular formula is C23H21Cl2N3O5. The van der Waals surface area contributed by atoms with Gasteiger partial charge in [-0.15, -0.1) is 0 Å². The van der Waals surface area contributed by atoms with Crippen LogP contribution >= 0.6 is 23.2 Å². The molecule has 3 aromatic rings. The first-order valence-electron chi connectivity index (χ1n) is 9.83. The number of hydrogen-bond acceptors (Lipinski definition) is 6. The van der Waals surface area contributed by atoms with E-state index in [9.17, 15) is 14.4 Å². The van der Waals surface area contributed by atoms with Gasteiger partial charge in [-0.3, -0.25) is 4.79 Å². The van der Waals surface area contributed by atoms with Crippen molar-refractivity contribution in [2.75, 3.05) is 19.0 Å². The van der Waals surface area contributed by atoms with Crippen molar-refractivity contribution in [1.82, 2.24) is 9.78 Å². The van der Waals surface area contributed by atoms with Crippen molar-refractivity contribution in [3.8, 4) is 0 Å². The van der Waals surface area contributed by atoms with Crippen molar-refractivity contribution in [2.24, 2.45) is 0 Å². The summed E-state index contributed by atoms with van der Waals surface area (Å²) in [6, 6.07) is 12.0. The largest absolute Gasteiger partial charge is 0.465 e. The molecule has 172 valence electrons. The minimum atomic E-state index is -0.780. The lowest BCUT2D eigenvalue weighted by Crippen LogP contribution is -2.22. The van der Waals surface area contributed by atoms with Crippen LogP contribution in [0.25, 0.3) is 0 Å². The molecule has 0 fully saturated rings. The van der Waals surface area contributed by atoms with Gasteiger partial charge in [0, 0.05) is 10.7 Å². The van der Waals surface area contributed by atoms with E-state index in [1.54, 1.807) is 32.0 Å². The van der Waals surface area contributed by atoms with Crippen molar-refractivity contribution in [2.45, 2.75) is 20.4 Å². The number of ether oxygens (including phenoxy) is 2. The van der Waals surface area contributed by atoms with Crippen LogP contribution in [0.1, 0.15) is 37.5 Å². The number of carbonyl (C=O) groups is 3. The third-order valence-corrected chi connectivity index (χ3v) is 5.57. The molecule has 2 aromatic carbocycles. The van der Waals surface area contributed by atoms with E-state index in [0.717, 1.165) is 11.1 Å². The molecule has 0 saturated carbocycles.